The molecule has 1 N–H and O–H groups in total. The lowest BCUT2D eigenvalue weighted by Gasteiger charge is -2.19. The zero-order chi connectivity index (χ0) is 31.3. The first-order valence-electron chi connectivity index (χ1n) is 15.2. The van der Waals surface area contributed by atoms with E-state index in [-0.39, 0.29) is 11.7 Å². The van der Waals surface area contributed by atoms with Crippen LogP contribution in [0.2, 0.25) is 0 Å². The Bertz CT molecular complexity index is 1620. The molecule has 0 fully saturated rings. The molecule has 0 spiro atoms. The highest BCUT2D eigenvalue weighted by Crippen LogP contribution is 2.31. The highest BCUT2D eigenvalue weighted by atomic mass is 16.4. The van der Waals surface area contributed by atoms with E-state index in [2.05, 4.69) is 48.1 Å². The van der Waals surface area contributed by atoms with Gasteiger partial charge in [-0.1, -0.05) is 86.1 Å². The number of anilines is 1. The number of aromatic nitrogens is 1. The van der Waals surface area contributed by atoms with Crippen LogP contribution < -0.4 is 5.32 Å². The molecule has 44 heavy (non-hydrogen) atoms. The number of carbonyl (C=O) groups excluding carboxylic acids is 2. The molecule has 0 bridgehead atoms. The van der Waals surface area contributed by atoms with E-state index in [1.54, 1.807) is 6.07 Å². The second-order valence-corrected chi connectivity index (χ2v) is 10.8. The summed E-state index contributed by atoms with van der Waals surface area (Å²) in [6.07, 6.45) is 1.95. The lowest BCUT2D eigenvalue weighted by atomic mass is 10.1. The van der Waals surface area contributed by atoms with Gasteiger partial charge in [0.1, 0.15) is 0 Å². The second-order valence-electron chi connectivity index (χ2n) is 10.8. The van der Waals surface area contributed by atoms with E-state index in [1.165, 1.54) is 5.56 Å². The van der Waals surface area contributed by atoms with Crippen LogP contribution in [0, 0.1) is 13.8 Å². The van der Waals surface area contributed by atoms with Crippen molar-refractivity contribution in [3.8, 4) is 22.8 Å². The Balaban J connectivity index is 0.000000555. The number of aryl methyl sites for hydroxylation is 2. The monoisotopic (exact) mass is 587 g/mol. The van der Waals surface area contributed by atoms with Crippen molar-refractivity contribution in [3.63, 3.8) is 0 Å². The minimum absolute atomic E-state index is 0.0697. The van der Waals surface area contributed by atoms with Crippen LogP contribution in [0.1, 0.15) is 58.7 Å². The molecule has 0 atom stereocenters. The maximum atomic E-state index is 13.4. The van der Waals surface area contributed by atoms with Gasteiger partial charge in [-0.05, 0) is 87.8 Å². The first kappa shape index (κ1) is 32.1. The van der Waals surface area contributed by atoms with E-state index < -0.39 is 0 Å². The molecule has 6 nitrogen and oxygen atoms in total. The predicted molar refractivity (Wildman–Crippen MR) is 179 cm³/mol. The minimum Gasteiger partial charge on any atom is -0.435 e. The van der Waals surface area contributed by atoms with E-state index in [0.29, 0.717) is 35.1 Å². The molecule has 0 aliphatic rings. The topological polar surface area (TPSA) is 75.4 Å². The number of hydrogen-bond acceptors (Lipinski definition) is 5. The number of benzene rings is 4. The first-order valence-corrected chi connectivity index (χ1v) is 15.2. The molecule has 0 saturated heterocycles. The largest absolute Gasteiger partial charge is 0.435 e. The number of nitrogens with zero attached hydrogens (tertiary/aromatic N) is 2. The van der Waals surface area contributed by atoms with Gasteiger partial charge in [-0.2, -0.15) is 0 Å². The van der Waals surface area contributed by atoms with E-state index in [1.807, 2.05) is 97.9 Å². The number of ketones is 1. The van der Waals surface area contributed by atoms with Gasteiger partial charge in [0.25, 0.3) is 5.91 Å². The van der Waals surface area contributed by atoms with Crippen LogP contribution in [0.15, 0.2) is 114 Å². The quantitative estimate of drug-likeness (QED) is 0.156. The van der Waals surface area contributed by atoms with E-state index in [0.717, 1.165) is 42.6 Å². The third-order valence-corrected chi connectivity index (χ3v) is 7.09. The van der Waals surface area contributed by atoms with Crippen molar-refractivity contribution in [2.24, 2.45) is 0 Å². The molecule has 5 aromatic rings. The fourth-order valence-electron chi connectivity index (χ4n) is 4.85. The second kappa shape index (κ2) is 16.1. The summed E-state index contributed by atoms with van der Waals surface area (Å²) >= 11 is 0. The van der Waals surface area contributed by atoms with Crippen molar-refractivity contribution >= 4 is 17.4 Å². The molecule has 0 aliphatic carbocycles. The normalized spacial score (nSPS) is 10.7. The van der Waals surface area contributed by atoms with Crippen LogP contribution in [-0.2, 0) is 0 Å². The molecular weight excluding hydrogens is 546 g/mol. The zero-order valence-corrected chi connectivity index (χ0v) is 26.0. The van der Waals surface area contributed by atoms with Crippen molar-refractivity contribution in [2.45, 2.75) is 40.5 Å². The SMILES string of the molecule is CCCN(CCC)CC(=O)c1nc(-c2ccccc2)oc1-c1ccc(NC(=O)c2ccccc2C)cc1.Cc1ccccc1. The summed E-state index contributed by atoms with van der Waals surface area (Å²) in [6, 6.07) is 34.6. The summed E-state index contributed by atoms with van der Waals surface area (Å²) in [5.74, 6) is 0.612. The molecule has 0 radical (unpaired) electrons. The number of nitrogens with one attached hydrogen (secondary N) is 1. The van der Waals surface area contributed by atoms with Gasteiger partial charge in [0, 0.05) is 22.4 Å². The Hall–Kier alpha value is -4.81. The average Bonchev–Trinajstić information content (AvgIpc) is 3.49. The van der Waals surface area contributed by atoms with E-state index in [9.17, 15) is 9.59 Å². The van der Waals surface area contributed by atoms with Gasteiger partial charge >= 0.3 is 0 Å². The summed E-state index contributed by atoms with van der Waals surface area (Å²) in [4.78, 5) is 32.9. The average molecular weight is 588 g/mol. The number of Topliss-reactive ketones (excluding diaryl/α,β-unsaturated/α-hetero) is 1. The summed E-state index contributed by atoms with van der Waals surface area (Å²) in [6.45, 7) is 10.2. The third kappa shape index (κ3) is 8.85. The number of carbonyl (C=O) groups is 2. The molecule has 0 aliphatic heterocycles. The van der Waals surface area contributed by atoms with E-state index >= 15 is 0 Å². The molecule has 0 unspecified atom stereocenters. The Morgan fingerprint density at radius 1 is 0.727 bits per heavy atom. The van der Waals surface area contributed by atoms with Gasteiger partial charge < -0.3 is 9.73 Å². The maximum Gasteiger partial charge on any atom is 0.255 e. The van der Waals surface area contributed by atoms with Gasteiger partial charge in [0.15, 0.2) is 17.2 Å². The summed E-state index contributed by atoms with van der Waals surface area (Å²) in [5.41, 5.74) is 5.38. The Morgan fingerprint density at radius 2 is 1.32 bits per heavy atom. The summed E-state index contributed by atoms with van der Waals surface area (Å²) < 4.78 is 6.18. The van der Waals surface area contributed by atoms with Gasteiger partial charge in [0.05, 0.1) is 6.54 Å². The van der Waals surface area contributed by atoms with Crippen LogP contribution in [-0.4, -0.2) is 41.2 Å². The minimum atomic E-state index is -0.167. The maximum absolute atomic E-state index is 13.4. The van der Waals surface area contributed by atoms with Crippen LogP contribution >= 0.6 is 0 Å². The van der Waals surface area contributed by atoms with Crippen molar-refractivity contribution in [3.05, 3.63) is 132 Å². The Labute approximate surface area is 260 Å². The van der Waals surface area contributed by atoms with E-state index in [4.69, 9.17) is 4.42 Å². The summed E-state index contributed by atoms with van der Waals surface area (Å²) in [7, 11) is 0. The van der Waals surface area contributed by atoms with Crippen LogP contribution in [0.25, 0.3) is 22.8 Å². The molecular formula is C38H41N3O3. The van der Waals surface area contributed by atoms with Gasteiger partial charge in [-0.3, -0.25) is 14.5 Å². The number of rotatable bonds is 11. The smallest absolute Gasteiger partial charge is 0.255 e. The third-order valence-electron chi connectivity index (χ3n) is 7.09. The molecule has 1 amide bonds. The van der Waals surface area contributed by atoms with Crippen molar-refractivity contribution in [1.82, 2.24) is 9.88 Å². The Kier molecular flexibility index (Phi) is 11.8. The molecule has 226 valence electrons. The van der Waals surface area contributed by atoms with Gasteiger partial charge in [-0.15, -0.1) is 0 Å². The fraction of sp³-hybridized carbons (Fsp3) is 0.237. The Morgan fingerprint density at radius 3 is 1.89 bits per heavy atom. The first-order chi connectivity index (χ1) is 21.4. The molecule has 5 rings (SSSR count). The highest BCUT2D eigenvalue weighted by Gasteiger charge is 2.24. The molecule has 1 aromatic heterocycles. The number of hydrogen-bond donors (Lipinski definition) is 1. The van der Waals surface area contributed by atoms with Crippen molar-refractivity contribution < 1.29 is 14.0 Å². The van der Waals surface area contributed by atoms with Crippen LogP contribution in [0.3, 0.4) is 0 Å². The van der Waals surface area contributed by atoms with Gasteiger partial charge in [0.2, 0.25) is 5.89 Å². The lowest BCUT2D eigenvalue weighted by molar-refractivity contribution is 0.0926. The summed E-state index contributed by atoms with van der Waals surface area (Å²) in [5, 5.41) is 2.94. The highest BCUT2D eigenvalue weighted by molar-refractivity contribution is 6.05. The lowest BCUT2D eigenvalue weighted by Crippen LogP contribution is -2.31. The molecule has 0 saturated carbocycles. The molecule has 4 aromatic carbocycles. The number of amides is 1. The van der Waals surface area contributed by atoms with Crippen LogP contribution in [0.4, 0.5) is 5.69 Å². The predicted octanol–water partition coefficient (Wildman–Crippen LogP) is 8.87. The standard InChI is InChI=1S/C31H33N3O3.C7H8/c1-4-19-34(20-5-2)21-27(35)28-29(37-31(33-28)24-12-7-6-8-13-24)23-15-17-25(18-16-23)32-30(36)26-14-10-9-11-22(26)3;1-7-5-3-2-4-6-7/h6-18H,4-5,19-21H2,1-3H3,(H,32,36);2-6H,1H3. The van der Waals surface area contributed by atoms with Crippen molar-refractivity contribution in [1.29, 1.82) is 0 Å². The molecule has 1 heterocycles. The zero-order valence-electron chi connectivity index (χ0n) is 26.0. The van der Waals surface area contributed by atoms with Crippen LogP contribution in [0.5, 0.6) is 0 Å². The molecule has 6 heteroatoms. The van der Waals surface area contributed by atoms with Crippen molar-refractivity contribution in [2.75, 3.05) is 25.0 Å². The number of oxazole rings is 1. The van der Waals surface area contributed by atoms with Gasteiger partial charge in [-0.25, -0.2) is 4.98 Å². The fourth-order valence-corrected chi connectivity index (χ4v) is 4.85.